The molecule has 0 aliphatic carbocycles. The molecule has 1 aliphatic heterocycles. The van der Waals surface area contributed by atoms with E-state index in [4.69, 9.17) is 9.47 Å². The van der Waals surface area contributed by atoms with Crippen LogP contribution in [-0.4, -0.2) is 30.7 Å². The van der Waals surface area contributed by atoms with E-state index >= 15 is 0 Å². The Kier molecular flexibility index (Phi) is 6.27. The van der Waals surface area contributed by atoms with Gasteiger partial charge in [0.15, 0.2) is 0 Å². The first-order chi connectivity index (χ1) is 12.7. The van der Waals surface area contributed by atoms with Gasteiger partial charge < -0.3 is 14.8 Å². The predicted octanol–water partition coefficient (Wildman–Crippen LogP) is 3.61. The second kappa shape index (κ2) is 8.64. The van der Waals surface area contributed by atoms with Crippen molar-refractivity contribution < 1.29 is 14.3 Å². The van der Waals surface area contributed by atoms with Crippen LogP contribution in [0.4, 0.5) is 0 Å². The Morgan fingerprint density at radius 3 is 2.69 bits per heavy atom. The number of aromatic nitrogens is 1. The van der Waals surface area contributed by atoms with Crippen molar-refractivity contribution in [1.82, 2.24) is 10.3 Å². The molecule has 1 aromatic carbocycles. The largest absolute Gasteiger partial charge is 0.478 e. The number of halogens is 1. The molecule has 138 valence electrons. The van der Waals surface area contributed by atoms with Crippen molar-refractivity contribution in [1.29, 1.82) is 0 Å². The number of rotatable bonds is 6. The molecule has 26 heavy (non-hydrogen) atoms. The van der Waals surface area contributed by atoms with Crippen LogP contribution >= 0.6 is 15.9 Å². The Morgan fingerprint density at radius 2 is 2.00 bits per heavy atom. The van der Waals surface area contributed by atoms with E-state index in [2.05, 4.69) is 26.2 Å². The monoisotopic (exact) mass is 418 g/mol. The fraction of sp³-hybridized carbons (Fsp3) is 0.400. The van der Waals surface area contributed by atoms with Crippen LogP contribution in [0.2, 0.25) is 0 Å². The number of carbonyl (C=O) groups excluding carboxylic acids is 1. The van der Waals surface area contributed by atoms with Gasteiger partial charge >= 0.3 is 0 Å². The lowest BCUT2D eigenvalue weighted by molar-refractivity contribution is -0.130. The summed E-state index contributed by atoms with van der Waals surface area (Å²) in [6, 6.07) is 11.8. The Balaban J connectivity index is 1.80. The lowest BCUT2D eigenvalue weighted by Gasteiger charge is -2.36. The van der Waals surface area contributed by atoms with E-state index in [9.17, 15) is 4.79 Å². The molecule has 1 aliphatic rings. The Hall–Kier alpha value is -1.92. The molecular formula is C20H23BrN2O3. The zero-order valence-electron chi connectivity index (χ0n) is 14.8. The van der Waals surface area contributed by atoms with Gasteiger partial charge in [0.25, 0.3) is 0 Å². The van der Waals surface area contributed by atoms with Gasteiger partial charge in [0.2, 0.25) is 11.8 Å². The molecule has 1 saturated heterocycles. The molecule has 1 aromatic heterocycles. The van der Waals surface area contributed by atoms with Crippen molar-refractivity contribution in [2.24, 2.45) is 0 Å². The van der Waals surface area contributed by atoms with Crippen molar-refractivity contribution in [2.75, 3.05) is 19.8 Å². The van der Waals surface area contributed by atoms with Crippen LogP contribution in [0.3, 0.4) is 0 Å². The third kappa shape index (κ3) is 4.07. The van der Waals surface area contributed by atoms with Gasteiger partial charge in [-0.25, -0.2) is 4.98 Å². The highest BCUT2D eigenvalue weighted by Crippen LogP contribution is 2.36. The van der Waals surface area contributed by atoms with Gasteiger partial charge in [-0.15, -0.1) is 0 Å². The summed E-state index contributed by atoms with van der Waals surface area (Å²) in [6.45, 7) is 4.02. The van der Waals surface area contributed by atoms with E-state index in [1.54, 1.807) is 6.20 Å². The van der Waals surface area contributed by atoms with E-state index < -0.39 is 5.41 Å². The van der Waals surface area contributed by atoms with Crippen molar-refractivity contribution in [2.45, 2.75) is 31.7 Å². The van der Waals surface area contributed by atoms with Gasteiger partial charge in [-0.2, -0.15) is 0 Å². The van der Waals surface area contributed by atoms with Crippen LogP contribution in [0, 0.1) is 0 Å². The maximum atomic E-state index is 13.2. The molecular weight excluding hydrogens is 396 g/mol. The van der Waals surface area contributed by atoms with Crippen LogP contribution in [-0.2, 0) is 21.5 Å². The van der Waals surface area contributed by atoms with Crippen molar-refractivity contribution >= 4 is 21.8 Å². The molecule has 6 heteroatoms. The SMILES string of the molecule is CCOc1ncccc1CNC(=O)C1(c2ccc(Br)cc2)CCOCC1. The Labute approximate surface area is 162 Å². The zero-order chi connectivity index (χ0) is 18.4. The number of benzene rings is 1. The topological polar surface area (TPSA) is 60.5 Å². The molecule has 5 nitrogen and oxygen atoms in total. The summed E-state index contributed by atoms with van der Waals surface area (Å²) >= 11 is 3.46. The predicted molar refractivity (Wildman–Crippen MR) is 103 cm³/mol. The molecule has 0 atom stereocenters. The van der Waals surface area contributed by atoms with Gasteiger partial charge in [-0.05, 0) is 43.5 Å². The average molecular weight is 419 g/mol. The fourth-order valence-corrected chi connectivity index (χ4v) is 3.57. The number of nitrogens with zero attached hydrogens (tertiary/aromatic N) is 1. The van der Waals surface area contributed by atoms with E-state index in [-0.39, 0.29) is 5.91 Å². The molecule has 0 bridgehead atoms. The quantitative estimate of drug-likeness (QED) is 0.777. The van der Waals surface area contributed by atoms with Crippen molar-refractivity contribution in [3.8, 4) is 5.88 Å². The first-order valence-electron chi connectivity index (χ1n) is 8.84. The number of pyridine rings is 1. The summed E-state index contributed by atoms with van der Waals surface area (Å²) in [5, 5.41) is 3.10. The van der Waals surface area contributed by atoms with Gasteiger partial charge in [-0.1, -0.05) is 34.1 Å². The first-order valence-corrected chi connectivity index (χ1v) is 9.64. The first kappa shape index (κ1) is 18.9. The van der Waals surface area contributed by atoms with Crippen LogP contribution in [0.5, 0.6) is 5.88 Å². The minimum atomic E-state index is -0.563. The highest BCUT2D eigenvalue weighted by Gasteiger charge is 2.41. The van der Waals surface area contributed by atoms with Crippen molar-refractivity contribution in [3.63, 3.8) is 0 Å². The number of hydrogen-bond acceptors (Lipinski definition) is 4. The fourth-order valence-electron chi connectivity index (χ4n) is 3.31. The molecule has 0 unspecified atom stereocenters. The van der Waals surface area contributed by atoms with Gasteiger partial charge in [0.05, 0.1) is 12.0 Å². The third-order valence-electron chi connectivity index (χ3n) is 4.75. The maximum absolute atomic E-state index is 13.2. The van der Waals surface area contributed by atoms with E-state index in [1.165, 1.54) is 0 Å². The molecule has 1 N–H and O–H groups in total. The average Bonchev–Trinajstić information content (AvgIpc) is 2.68. The van der Waals surface area contributed by atoms with Crippen LogP contribution in [0.1, 0.15) is 30.9 Å². The van der Waals surface area contributed by atoms with Crippen LogP contribution in [0.15, 0.2) is 47.1 Å². The van der Waals surface area contributed by atoms with Gasteiger partial charge in [0.1, 0.15) is 0 Å². The van der Waals surface area contributed by atoms with Crippen LogP contribution in [0.25, 0.3) is 0 Å². The lowest BCUT2D eigenvalue weighted by Crippen LogP contribution is -2.47. The lowest BCUT2D eigenvalue weighted by atomic mass is 9.73. The van der Waals surface area contributed by atoms with E-state index in [0.717, 1.165) is 15.6 Å². The smallest absolute Gasteiger partial charge is 0.231 e. The number of amides is 1. The van der Waals surface area contributed by atoms with E-state index in [1.807, 2.05) is 43.3 Å². The molecule has 2 heterocycles. The van der Waals surface area contributed by atoms with Crippen molar-refractivity contribution in [3.05, 3.63) is 58.2 Å². The van der Waals surface area contributed by atoms with Crippen LogP contribution < -0.4 is 10.1 Å². The molecule has 2 aromatic rings. The summed E-state index contributed by atoms with van der Waals surface area (Å²) in [5.74, 6) is 0.592. The highest BCUT2D eigenvalue weighted by molar-refractivity contribution is 9.10. The minimum Gasteiger partial charge on any atom is -0.478 e. The molecule has 1 amide bonds. The highest BCUT2D eigenvalue weighted by atomic mass is 79.9. The summed E-state index contributed by atoms with van der Waals surface area (Å²) in [7, 11) is 0. The number of carbonyl (C=O) groups is 1. The zero-order valence-corrected chi connectivity index (χ0v) is 16.4. The summed E-state index contributed by atoms with van der Waals surface area (Å²) in [6.07, 6.45) is 3.04. The normalized spacial score (nSPS) is 16.1. The molecule has 0 saturated carbocycles. The summed E-state index contributed by atoms with van der Waals surface area (Å²) < 4.78 is 12.1. The number of nitrogens with one attached hydrogen (secondary N) is 1. The second-order valence-corrected chi connectivity index (χ2v) is 7.20. The molecule has 3 rings (SSSR count). The minimum absolute atomic E-state index is 0.0226. The number of hydrogen-bond donors (Lipinski definition) is 1. The van der Waals surface area contributed by atoms with Gasteiger partial charge in [-0.3, -0.25) is 4.79 Å². The summed E-state index contributed by atoms with van der Waals surface area (Å²) in [5.41, 5.74) is 1.34. The third-order valence-corrected chi connectivity index (χ3v) is 5.28. The molecule has 0 spiro atoms. The maximum Gasteiger partial charge on any atom is 0.231 e. The second-order valence-electron chi connectivity index (χ2n) is 6.28. The molecule has 1 fully saturated rings. The standard InChI is InChI=1S/C20H23BrN2O3/c1-2-26-18-15(4-3-11-22-18)14-23-19(24)20(9-12-25-13-10-20)16-5-7-17(21)8-6-16/h3-8,11H,2,9-10,12-14H2,1H3,(H,23,24). The Morgan fingerprint density at radius 1 is 1.27 bits per heavy atom. The Bertz CT molecular complexity index is 743. The van der Waals surface area contributed by atoms with Gasteiger partial charge in [0, 0.05) is 36.0 Å². The van der Waals surface area contributed by atoms with E-state index in [0.29, 0.717) is 45.1 Å². The summed E-state index contributed by atoms with van der Waals surface area (Å²) in [4.78, 5) is 17.5. The molecule has 0 radical (unpaired) electrons. The number of ether oxygens (including phenoxy) is 2.